The average molecular weight is 232 g/mol. The summed E-state index contributed by atoms with van der Waals surface area (Å²) in [5.41, 5.74) is 0.788. The molecule has 92 valence electrons. The Morgan fingerprint density at radius 2 is 2.06 bits per heavy atom. The minimum atomic E-state index is -0.478. The van der Waals surface area contributed by atoms with E-state index < -0.39 is 5.54 Å². The molecule has 1 unspecified atom stereocenters. The normalized spacial score (nSPS) is 13.9. The highest BCUT2D eigenvalue weighted by Crippen LogP contribution is 2.13. The van der Waals surface area contributed by atoms with Crippen LogP contribution in [0.15, 0.2) is 30.3 Å². The summed E-state index contributed by atoms with van der Waals surface area (Å²) >= 11 is 0. The molecule has 1 N–H and O–H groups in total. The van der Waals surface area contributed by atoms with Crippen molar-refractivity contribution in [2.24, 2.45) is 0 Å². The van der Waals surface area contributed by atoms with E-state index in [4.69, 9.17) is 4.74 Å². The number of benzene rings is 1. The minimum absolute atomic E-state index is 0.478. The van der Waals surface area contributed by atoms with Gasteiger partial charge in [-0.15, -0.1) is 0 Å². The first-order valence-electron chi connectivity index (χ1n) is 5.89. The summed E-state index contributed by atoms with van der Waals surface area (Å²) in [5, 5.41) is 12.4. The second-order valence-corrected chi connectivity index (χ2v) is 4.35. The standard InChI is InChI=1S/C14H20N2O/c1-14(12-15,16-10-11-17-2)9-8-13-6-4-3-5-7-13/h3-7,16H,8-11H2,1-2H3. The van der Waals surface area contributed by atoms with Gasteiger partial charge in [-0.05, 0) is 25.3 Å². The molecule has 0 saturated carbocycles. The fourth-order valence-corrected chi connectivity index (χ4v) is 1.65. The van der Waals surface area contributed by atoms with E-state index >= 15 is 0 Å². The van der Waals surface area contributed by atoms with Crippen LogP contribution in [0, 0.1) is 11.3 Å². The number of hydrogen-bond donors (Lipinski definition) is 1. The Balaban J connectivity index is 2.44. The van der Waals surface area contributed by atoms with Crippen LogP contribution >= 0.6 is 0 Å². The summed E-state index contributed by atoms with van der Waals surface area (Å²) in [6.45, 7) is 3.27. The number of nitrogens with one attached hydrogen (secondary N) is 1. The van der Waals surface area contributed by atoms with E-state index in [0.29, 0.717) is 13.2 Å². The predicted octanol–water partition coefficient (Wildman–Crippen LogP) is 2.14. The first-order chi connectivity index (χ1) is 8.20. The molecule has 0 saturated heterocycles. The first-order valence-corrected chi connectivity index (χ1v) is 5.89. The number of nitriles is 1. The van der Waals surface area contributed by atoms with Crippen molar-refractivity contribution in [2.45, 2.75) is 25.3 Å². The van der Waals surface area contributed by atoms with Gasteiger partial charge in [-0.1, -0.05) is 30.3 Å². The first kappa shape index (κ1) is 13.7. The van der Waals surface area contributed by atoms with Gasteiger partial charge in [0.25, 0.3) is 0 Å². The van der Waals surface area contributed by atoms with Gasteiger partial charge in [-0.2, -0.15) is 5.26 Å². The van der Waals surface area contributed by atoms with Gasteiger partial charge in [0.2, 0.25) is 0 Å². The van der Waals surface area contributed by atoms with Gasteiger partial charge in [-0.3, -0.25) is 5.32 Å². The van der Waals surface area contributed by atoms with Crippen molar-refractivity contribution >= 4 is 0 Å². The second-order valence-electron chi connectivity index (χ2n) is 4.35. The van der Waals surface area contributed by atoms with Crippen LogP contribution in [-0.4, -0.2) is 25.8 Å². The molecule has 1 aromatic carbocycles. The molecular weight excluding hydrogens is 212 g/mol. The van der Waals surface area contributed by atoms with Gasteiger partial charge < -0.3 is 4.74 Å². The van der Waals surface area contributed by atoms with Crippen LogP contribution in [-0.2, 0) is 11.2 Å². The summed E-state index contributed by atoms with van der Waals surface area (Å²) < 4.78 is 4.97. The third-order valence-corrected chi connectivity index (χ3v) is 2.82. The summed E-state index contributed by atoms with van der Waals surface area (Å²) in [7, 11) is 1.66. The van der Waals surface area contributed by atoms with E-state index in [-0.39, 0.29) is 0 Å². The molecule has 0 radical (unpaired) electrons. The maximum Gasteiger partial charge on any atom is 0.104 e. The number of methoxy groups -OCH3 is 1. The largest absolute Gasteiger partial charge is 0.383 e. The van der Waals surface area contributed by atoms with Crippen LogP contribution in [0.1, 0.15) is 18.9 Å². The zero-order valence-corrected chi connectivity index (χ0v) is 10.6. The Hall–Kier alpha value is -1.37. The van der Waals surface area contributed by atoms with Crippen LogP contribution in [0.5, 0.6) is 0 Å². The van der Waals surface area contributed by atoms with Gasteiger partial charge >= 0.3 is 0 Å². The van der Waals surface area contributed by atoms with Gasteiger partial charge in [-0.25, -0.2) is 0 Å². The lowest BCUT2D eigenvalue weighted by molar-refractivity contribution is 0.191. The van der Waals surface area contributed by atoms with E-state index in [1.807, 2.05) is 25.1 Å². The summed E-state index contributed by atoms with van der Waals surface area (Å²) in [4.78, 5) is 0. The van der Waals surface area contributed by atoms with Crippen LogP contribution in [0.3, 0.4) is 0 Å². The molecule has 0 heterocycles. The molecule has 1 rings (SSSR count). The van der Waals surface area contributed by atoms with Crippen molar-refractivity contribution in [3.8, 4) is 6.07 Å². The van der Waals surface area contributed by atoms with E-state index in [9.17, 15) is 5.26 Å². The van der Waals surface area contributed by atoms with Crippen LogP contribution in [0.4, 0.5) is 0 Å². The van der Waals surface area contributed by atoms with E-state index in [2.05, 4.69) is 23.5 Å². The zero-order valence-electron chi connectivity index (χ0n) is 10.6. The Bertz CT molecular complexity index is 358. The van der Waals surface area contributed by atoms with Crippen molar-refractivity contribution in [1.29, 1.82) is 5.26 Å². The van der Waals surface area contributed by atoms with Crippen molar-refractivity contribution in [3.05, 3.63) is 35.9 Å². The second kappa shape index (κ2) is 7.05. The van der Waals surface area contributed by atoms with Gasteiger partial charge in [0.05, 0.1) is 12.7 Å². The maximum absolute atomic E-state index is 9.21. The summed E-state index contributed by atoms with van der Waals surface area (Å²) in [5.74, 6) is 0. The zero-order chi connectivity index (χ0) is 12.6. The van der Waals surface area contributed by atoms with E-state index in [1.54, 1.807) is 7.11 Å². The highest BCUT2D eigenvalue weighted by molar-refractivity contribution is 5.16. The number of aryl methyl sites for hydroxylation is 1. The molecule has 0 aliphatic heterocycles. The Morgan fingerprint density at radius 3 is 2.65 bits per heavy atom. The fourth-order valence-electron chi connectivity index (χ4n) is 1.65. The molecule has 3 nitrogen and oxygen atoms in total. The lowest BCUT2D eigenvalue weighted by Gasteiger charge is -2.23. The lowest BCUT2D eigenvalue weighted by Crippen LogP contribution is -2.43. The molecule has 0 bridgehead atoms. The van der Waals surface area contributed by atoms with E-state index in [1.165, 1.54) is 5.56 Å². The molecule has 0 aliphatic carbocycles. The van der Waals surface area contributed by atoms with Gasteiger partial charge in [0.1, 0.15) is 5.54 Å². The quantitative estimate of drug-likeness (QED) is 0.733. The van der Waals surface area contributed by atoms with Crippen molar-refractivity contribution < 1.29 is 4.74 Å². The average Bonchev–Trinajstić information content (AvgIpc) is 2.38. The molecule has 0 aromatic heterocycles. The molecular formula is C14H20N2O. The molecule has 1 atom stereocenters. The van der Waals surface area contributed by atoms with Crippen molar-refractivity contribution in [3.63, 3.8) is 0 Å². The van der Waals surface area contributed by atoms with E-state index in [0.717, 1.165) is 12.8 Å². The van der Waals surface area contributed by atoms with Crippen molar-refractivity contribution in [2.75, 3.05) is 20.3 Å². The number of ether oxygens (including phenoxy) is 1. The molecule has 0 fully saturated rings. The fraction of sp³-hybridized carbons (Fsp3) is 0.500. The van der Waals surface area contributed by atoms with Gasteiger partial charge in [0, 0.05) is 13.7 Å². The lowest BCUT2D eigenvalue weighted by atomic mass is 9.95. The van der Waals surface area contributed by atoms with Crippen LogP contribution in [0.25, 0.3) is 0 Å². The summed E-state index contributed by atoms with van der Waals surface area (Å²) in [6.07, 6.45) is 1.71. The topological polar surface area (TPSA) is 45.0 Å². The molecule has 1 aromatic rings. The third kappa shape index (κ3) is 4.99. The molecule has 0 aliphatic rings. The molecule has 3 heteroatoms. The Morgan fingerprint density at radius 1 is 1.35 bits per heavy atom. The van der Waals surface area contributed by atoms with Crippen molar-refractivity contribution in [1.82, 2.24) is 5.32 Å². The Kier molecular flexibility index (Phi) is 5.68. The minimum Gasteiger partial charge on any atom is -0.383 e. The van der Waals surface area contributed by atoms with Crippen LogP contribution in [0.2, 0.25) is 0 Å². The summed E-state index contributed by atoms with van der Waals surface area (Å²) in [6, 6.07) is 12.6. The Labute approximate surface area is 103 Å². The number of rotatable bonds is 7. The number of hydrogen-bond acceptors (Lipinski definition) is 3. The molecule has 17 heavy (non-hydrogen) atoms. The van der Waals surface area contributed by atoms with Gasteiger partial charge in [0.15, 0.2) is 0 Å². The predicted molar refractivity (Wildman–Crippen MR) is 68.7 cm³/mol. The SMILES string of the molecule is COCCNC(C)(C#N)CCc1ccccc1. The smallest absolute Gasteiger partial charge is 0.104 e. The molecule has 0 amide bonds. The highest BCUT2D eigenvalue weighted by Gasteiger charge is 2.22. The number of nitrogens with zero attached hydrogens (tertiary/aromatic N) is 1. The molecule has 0 spiro atoms. The van der Waals surface area contributed by atoms with Crippen LogP contribution < -0.4 is 5.32 Å². The highest BCUT2D eigenvalue weighted by atomic mass is 16.5. The third-order valence-electron chi connectivity index (χ3n) is 2.82. The monoisotopic (exact) mass is 232 g/mol. The maximum atomic E-state index is 9.21.